The van der Waals surface area contributed by atoms with Gasteiger partial charge in [-0.25, -0.2) is 9.59 Å². The van der Waals surface area contributed by atoms with E-state index in [0.29, 0.717) is 5.56 Å². The summed E-state index contributed by atoms with van der Waals surface area (Å²) in [7, 11) is 0. The van der Waals surface area contributed by atoms with E-state index >= 15 is 0 Å². The zero-order valence-electron chi connectivity index (χ0n) is 12.5. The zero-order chi connectivity index (χ0) is 16.8. The largest absolute Gasteiger partial charge is 0.508 e. The van der Waals surface area contributed by atoms with Crippen molar-refractivity contribution in [1.82, 2.24) is 0 Å². The van der Waals surface area contributed by atoms with Gasteiger partial charge in [-0.3, -0.25) is 0 Å². The van der Waals surface area contributed by atoms with Crippen LogP contribution in [-0.4, -0.2) is 28.8 Å². The van der Waals surface area contributed by atoms with E-state index in [2.05, 4.69) is 0 Å². The molecule has 2 aromatic rings. The molecule has 0 bridgehead atoms. The lowest BCUT2D eigenvalue weighted by Gasteiger charge is -2.12. The minimum Gasteiger partial charge on any atom is -0.508 e. The molecule has 0 unspecified atom stereocenters. The summed E-state index contributed by atoms with van der Waals surface area (Å²) in [5, 5.41) is 19.4. The number of rotatable bonds is 5. The van der Waals surface area contributed by atoms with E-state index in [9.17, 15) is 19.8 Å². The molecular weight excluding hydrogens is 300 g/mol. The molecule has 2 aromatic carbocycles. The van der Waals surface area contributed by atoms with Crippen molar-refractivity contribution in [2.45, 2.75) is 13.5 Å². The Labute approximate surface area is 132 Å². The molecule has 0 aromatic heterocycles. The summed E-state index contributed by atoms with van der Waals surface area (Å²) in [6.07, 6.45) is 0. The Bertz CT molecular complexity index is 709. The first kappa shape index (κ1) is 16.4. The Morgan fingerprint density at radius 3 is 2.35 bits per heavy atom. The van der Waals surface area contributed by atoms with Crippen molar-refractivity contribution in [1.29, 1.82) is 0 Å². The van der Waals surface area contributed by atoms with Crippen LogP contribution in [0.3, 0.4) is 0 Å². The first-order chi connectivity index (χ1) is 11.0. The third-order valence-electron chi connectivity index (χ3n) is 3.03. The number of benzene rings is 2. The number of carbonyl (C=O) groups is 2. The van der Waals surface area contributed by atoms with Gasteiger partial charge in [-0.1, -0.05) is 18.2 Å². The lowest BCUT2D eigenvalue weighted by Crippen LogP contribution is -2.11. The second-order valence-corrected chi connectivity index (χ2v) is 4.66. The molecule has 0 atom stereocenters. The molecule has 0 saturated heterocycles. The predicted molar refractivity (Wildman–Crippen MR) is 81.3 cm³/mol. The van der Waals surface area contributed by atoms with E-state index in [1.165, 1.54) is 6.07 Å². The highest BCUT2D eigenvalue weighted by molar-refractivity contribution is 5.94. The van der Waals surface area contributed by atoms with Gasteiger partial charge in [0.15, 0.2) is 0 Å². The van der Waals surface area contributed by atoms with Crippen molar-refractivity contribution >= 4 is 11.9 Å². The highest BCUT2D eigenvalue weighted by Gasteiger charge is 2.20. The van der Waals surface area contributed by atoms with Gasteiger partial charge in [-0.05, 0) is 25.1 Å². The van der Waals surface area contributed by atoms with Gasteiger partial charge in [0.05, 0.1) is 12.2 Å². The summed E-state index contributed by atoms with van der Waals surface area (Å²) in [5.74, 6) is -2.02. The SMILES string of the molecule is CCOC(=O)c1c(O)cc(O)cc1COC(=O)c1ccccc1. The van der Waals surface area contributed by atoms with Gasteiger partial charge in [-0.15, -0.1) is 0 Å². The van der Waals surface area contributed by atoms with Crippen LogP contribution < -0.4 is 0 Å². The fourth-order valence-corrected chi connectivity index (χ4v) is 2.02. The van der Waals surface area contributed by atoms with Crippen molar-refractivity contribution in [3.63, 3.8) is 0 Å². The Hall–Kier alpha value is -3.02. The molecule has 0 saturated carbocycles. The first-order valence-electron chi connectivity index (χ1n) is 6.97. The molecule has 23 heavy (non-hydrogen) atoms. The maximum atomic E-state index is 11.9. The lowest BCUT2D eigenvalue weighted by molar-refractivity contribution is 0.0447. The number of hydrogen-bond acceptors (Lipinski definition) is 6. The van der Waals surface area contributed by atoms with Crippen LogP contribution in [0.5, 0.6) is 11.5 Å². The highest BCUT2D eigenvalue weighted by Crippen LogP contribution is 2.28. The second-order valence-electron chi connectivity index (χ2n) is 4.66. The molecule has 0 aliphatic carbocycles. The maximum Gasteiger partial charge on any atom is 0.342 e. The van der Waals surface area contributed by atoms with E-state index < -0.39 is 17.7 Å². The summed E-state index contributed by atoms with van der Waals surface area (Å²) in [4.78, 5) is 23.8. The van der Waals surface area contributed by atoms with Crippen LogP contribution in [0.1, 0.15) is 33.2 Å². The number of ether oxygens (including phenoxy) is 2. The molecule has 6 heteroatoms. The van der Waals surface area contributed by atoms with Crippen molar-refractivity contribution in [3.05, 3.63) is 59.2 Å². The van der Waals surface area contributed by atoms with E-state index in [1.807, 2.05) is 0 Å². The number of aromatic hydroxyl groups is 2. The molecule has 0 radical (unpaired) electrons. The minimum absolute atomic E-state index is 0.127. The first-order valence-corrected chi connectivity index (χ1v) is 6.97. The molecule has 2 rings (SSSR count). The molecule has 0 amide bonds. The third-order valence-corrected chi connectivity index (χ3v) is 3.03. The van der Waals surface area contributed by atoms with Crippen LogP contribution in [0.4, 0.5) is 0 Å². The fraction of sp³-hybridized carbons (Fsp3) is 0.176. The number of hydrogen-bond donors (Lipinski definition) is 2. The van der Waals surface area contributed by atoms with Gasteiger partial charge in [0, 0.05) is 11.6 Å². The summed E-state index contributed by atoms with van der Waals surface area (Å²) in [5.41, 5.74) is 0.380. The van der Waals surface area contributed by atoms with Gasteiger partial charge in [0.1, 0.15) is 23.7 Å². The van der Waals surface area contributed by atoms with Gasteiger partial charge >= 0.3 is 11.9 Å². The smallest absolute Gasteiger partial charge is 0.342 e. The maximum absolute atomic E-state index is 11.9. The van der Waals surface area contributed by atoms with Crippen molar-refractivity contribution < 1.29 is 29.3 Å². The second kappa shape index (κ2) is 7.31. The average Bonchev–Trinajstić information content (AvgIpc) is 2.53. The van der Waals surface area contributed by atoms with Crippen LogP contribution in [0, 0.1) is 0 Å². The summed E-state index contributed by atoms with van der Waals surface area (Å²) in [6.45, 7) is 1.47. The van der Waals surface area contributed by atoms with Crippen LogP contribution in [0.25, 0.3) is 0 Å². The quantitative estimate of drug-likeness (QED) is 0.824. The van der Waals surface area contributed by atoms with Gasteiger partial charge in [0.2, 0.25) is 0 Å². The molecule has 120 valence electrons. The molecular formula is C17H16O6. The van der Waals surface area contributed by atoms with Crippen LogP contribution in [0.15, 0.2) is 42.5 Å². The molecule has 0 aliphatic heterocycles. The fourth-order valence-electron chi connectivity index (χ4n) is 2.02. The number of esters is 2. The van der Waals surface area contributed by atoms with Gasteiger partial charge in [0.25, 0.3) is 0 Å². The molecule has 6 nitrogen and oxygen atoms in total. The molecule has 0 spiro atoms. The van der Waals surface area contributed by atoms with Crippen LogP contribution >= 0.6 is 0 Å². The molecule has 0 heterocycles. The van der Waals surface area contributed by atoms with Crippen molar-refractivity contribution in [2.24, 2.45) is 0 Å². The monoisotopic (exact) mass is 316 g/mol. The lowest BCUT2D eigenvalue weighted by atomic mass is 10.1. The Morgan fingerprint density at radius 1 is 1.00 bits per heavy atom. The van der Waals surface area contributed by atoms with Gasteiger partial charge in [-0.2, -0.15) is 0 Å². The van der Waals surface area contributed by atoms with E-state index in [0.717, 1.165) is 6.07 Å². The number of carbonyl (C=O) groups excluding carboxylic acids is 2. The van der Waals surface area contributed by atoms with Crippen molar-refractivity contribution in [2.75, 3.05) is 6.61 Å². The summed E-state index contributed by atoms with van der Waals surface area (Å²) >= 11 is 0. The standard InChI is InChI=1S/C17H16O6/c1-2-22-17(21)15-12(8-13(18)9-14(15)19)10-23-16(20)11-6-4-3-5-7-11/h3-9,18-19H,2,10H2,1H3. The molecule has 0 aliphatic rings. The normalized spacial score (nSPS) is 10.1. The van der Waals surface area contributed by atoms with E-state index in [1.54, 1.807) is 37.3 Å². The minimum atomic E-state index is -0.754. The number of phenolic OH excluding ortho intramolecular Hbond substituents is 2. The molecule has 0 fully saturated rings. The Kier molecular flexibility index (Phi) is 5.19. The third kappa shape index (κ3) is 4.00. The summed E-state index contributed by atoms with van der Waals surface area (Å²) < 4.78 is 9.98. The Balaban J connectivity index is 2.22. The van der Waals surface area contributed by atoms with E-state index in [4.69, 9.17) is 9.47 Å². The highest BCUT2D eigenvalue weighted by atomic mass is 16.5. The average molecular weight is 316 g/mol. The van der Waals surface area contributed by atoms with Crippen LogP contribution in [-0.2, 0) is 16.1 Å². The van der Waals surface area contributed by atoms with Gasteiger partial charge < -0.3 is 19.7 Å². The predicted octanol–water partition coefficient (Wildman–Crippen LogP) is 2.63. The topological polar surface area (TPSA) is 93.1 Å². The van der Waals surface area contributed by atoms with Crippen molar-refractivity contribution in [3.8, 4) is 11.5 Å². The van der Waals surface area contributed by atoms with Crippen LogP contribution in [0.2, 0.25) is 0 Å². The number of phenols is 2. The zero-order valence-corrected chi connectivity index (χ0v) is 12.5. The summed E-state index contributed by atoms with van der Waals surface area (Å²) in [6, 6.07) is 10.6. The molecule has 2 N–H and O–H groups in total. The Morgan fingerprint density at radius 2 is 1.70 bits per heavy atom. The van der Waals surface area contributed by atoms with E-state index in [-0.39, 0.29) is 30.1 Å².